The Morgan fingerprint density at radius 3 is 1.05 bits per heavy atom. The number of allylic oxidation sites excluding steroid dienone is 2. The Kier molecular flexibility index (Phi) is 8.28. The molecule has 2 heteroatoms. The van der Waals surface area contributed by atoms with Crippen molar-refractivity contribution in [3.63, 3.8) is 0 Å². The summed E-state index contributed by atoms with van der Waals surface area (Å²) in [7, 11) is -1.33. The number of fused-ring (bicyclic) bond motifs is 2. The third kappa shape index (κ3) is 5.60. The van der Waals surface area contributed by atoms with E-state index in [0.29, 0.717) is 0 Å². The first-order valence-corrected chi connectivity index (χ1v) is 17.9. The van der Waals surface area contributed by atoms with Crippen LogP contribution in [0.1, 0.15) is 47.9 Å². The van der Waals surface area contributed by atoms with Gasteiger partial charge >= 0.3 is 0 Å². The smallest absolute Gasteiger partial charge is 0.0116 e. The third-order valence-corrected chi connectivity index (χ3v) is 13.5. The monoisotopic (exact) mass is 578 g/mol. The van der Waals surface area contributed by atoms with Crippen molar-refractivity contribution in [1.82, 2.24) is 0 Å². The van der Waals surface area contributed by atoms with Crippen LogP contribution in [0, 0.1) is 0 Å². The van der Waals surface area contributed by atoms with Crippen LogP contribution in [0.15, 0.2) is 146 Å². The van der Waals surface area contributed by atoms with E-state index < -0.39 is 15.8 Å². The van der Waals surface area contributed by atoms with Gasteiger partial charge < -0.3 is 0 Å². The number of rotatable bonds is 6. The first-order chi connectivity index (χ1) is 20.9. The summed E-state index contributed by atoms with van der Waals surface area (Å²) in [5.74, 6) is 0. The van der Waals surface area contributed by atoms with Gasteiger partial charge in [0, 0.05) is 0 Å². The maximum absolute atomic E-state index is 2.63. The fourth-order valence-electron chi connectivity index (χ4n) is 6.45. The third-order valence-electron chi connectivity index (χ3n) is 8.40. The summed E-state index contributed by atoms with van der Waals surface area (Å²) >= 11 is 0. The van der Waals surface area contributed by atoms with E-state index >= 15 is 0 Å². The molecule has 5 aromatic carbocycles. The van der Waals surface area contributed by atoms with E-state index in [2.05, 4.69) is 146 Å². The minimum Gasteiger partial charge on any atom is -0.0755 e. The second-order valence-electron chi connectivity index (χ2n) is 11.1. The average Bonchev–Trinajstić information content (AvgIpc) is 3.38. The molecular formula is C40H36P2. The topological polar surface area (TPSA) is 0 Å². The zero-order valence-electron chi connectivity index (χ0n) is 24.0. The highest BCUT2D eigenvalue weighted by Crippen LogP contribution is 2.55. The van der Waals surface area contributed by atoms with Crippen LogP contribution in [0.3, 0.4) is 0 Å². The van der Waals surface area contributed by atoms with E-state index in [0.717, 1.165) is 25.7 Å². The van der Waals surface area contributed by atoms with Gasteiger partial charge in [-0.15, -0.1) is 0 Å². The molecule has 0 atom stereocenters. The zero-order chi connectivity index (χ0) is 28.1. The second-order valence-corrected chi connectivity index (χ2v) is 15.5. The largest absolute Gasteiger partial charge is 0.0755 e. The Labute approximate surface area is 253 Å². The Bertz CT molecular complexity index is 1500. The van der Waals surface area contributed by atoms with Crippen LogP contribution in [0.25, 0.3) is 10.6 Å². The molecule has 0 unspecified atom stereocenters. The Morgan fingerprint density at radius 2 is 0.714 bits per heavy atom. The molecule has 0 aliphatic heterocycles. The number of aryl methyl sites for hydroxylation is 2. The lowest BCUT2D eigenvalue weighted by Crippen LogP contribution is -2.14. The van der Waals surface area contributed by atoms with Crippen LogP contribution in [0.2, 0.25) is 0 Å². The summed E-state index contributed by atoms with van der Waals surface area (Å²) in [4.78, 5) is 0. The molecular weight excluding hydrogens is 542 g/mol. The normalized spacial score (nSPS) is 14.8. The number of hydrogen-bond donors (Lipinski definition) is 0. The highest BCUT2D eigenvalue weighted by Gasteiger charge is 2.28. The fourth-order valence-corrected chi connectivity index (χ4v) is 11.6. The van der Waals surface area contributed by atoms with Crippen molar-refractivity contribution >= 4 is 47.7 Å². The summed E-state index contributed by atoms with van der Waals surface area (Å²) in [5.41, 5.74) is 6.05. The number of hydrogen-bond acceptors (Lipinski definition) is 0. The molecule has 42 heavy (non-hydrogen) atoms. The lowest BCUT2D eigenvalue weighted by atomic mass is 9.94. The molecule has 0 heterocycles. The van der Waals surface area contributed by atoms with E-state index in [1.165, 1.54) is 55.8 Å². The molecule has 0 radical (unpaired) electrons. The maximum Gasteiger partial charge on any atom is -0.0116 e. The van der Waals surface area contributed by atoms with E-state index in [1.54, 1.807) is 11.1 Å². The molecule has 0 bridgehead atoms. The van der Waals surface area contributed by atoms with Gasteiger partial charge in [-0.25, -0.2) is 0 Å². The van der Waals surface area contributed by atoms with Crippen LogP contribution >= 0.6 is 15.8 Å². The predicted molar refractivity (Wildman–Crippen MR) is 186 cm³/mol. The van der Waals surface area contributed by atoms with Gasteiger partial charge in [0.05, 0.1) is 0 Å². The summed E-state index contributed by atoms with van der Waals surface area (Å²) in [6.45, 7) is 0. The first kappa shape index (κ1) is 27.3. The quantitative estimate of drug-likeness (QED) is 0.176. The average molecular weight is 579 g/mol. The molecule has 2 aliphatic carbocycles. The van der Waals surface area contributed by atoms with Crippen LogP contribution < -0.4 is 21.2 Å². The van der Waals surface area contributed by atoms with Crippen LogP contribution in [0.4, 0.5) is 0 Å². The van der Waals surface area contributed by atoms with E-state index in [-0.39, 0.29) is 0 Å². The van der Waals surface area contributed by atoms with Crippen molar-refractivity contribution in [1.29, 1.82) is 0 Å². The lowest BCUT2D eigenvalue weighted by molar-refractivity contribution is 0.833. The van der Waals surface area contributed by atoms with Gasteiger partial charge in [0.15, 0.2) is 0 Å². The Morgan fingerprint density at radius 1 is 0.381 bits per heavy atom. The summed E-state index contributed by atoms with van der Waals surface area (Å²) in [6.07, 6.45) is 12.2. The predicted octanol–water partition coefficient (Wildman–Crippen LogP) is 9.31. The standard InChI is InChI=1S/C40H36P2/c1-5-19-33(20-6-1)41(34-21-7-2-8-22-34)39-27-15-13-17-31-29-32-18-14-16-28-40(38(32)30-37(31)39)42(35-23-9-3-10-24-35)36-25-11-4-12-26-36/h1-12,19-30H,13-18H2. The lowest BCUT2D eigenvalue weighted by Gasteiger charge is -2.27. The van der Waals surface area contributed by atoms with Gasteiger partial charge in [-0.1, -0.05) is 140 Å². The number of benzene rings is 5. The molecule has 7 rings (SSSR count). The molecule has 0 N–H and O–H groups in total. The van der Waals surface area contributed by atoms with Gasteiger partial charge in [-0.3, -0.25) is 0 Å². The van der Waals surface area contributed by atoms with E-state index in [9.17, 15) is 0 Å². The van der Waals surface area contributed by atoms with Crippen LogP contribution in [-0.4, -0.2) is 0 Å². The Hall–Kier alpha value is -3.56. The van der Waals surface area contributed by atoms with Crippen molar-refractivity contribution in [2.24, 2.45) is 0 Å². The minimum atomic E-state index is -0.663. The van der Waals surface area contributed by atoms with Crippen molar-refractivity contribution in [3.05, 3.63) is 168 Å². The summed E-state index contributed by atoms with van der Waals surface area (Å²) < 4.78 is 0. The van der Waals surface area contributed by atoms with Crippen molar-refractivity contribution in [2.45, 2.75) is 38.5 Å². The molecule has 0 spiro atoms. The molecule has 206 valence electrons. The Balaban J connectivity index is 1.43. The first-order valence-electron chi connectivity index (χ1n) is 15.2. The molecule has 0 saturated carbocycles. The molecule has 0 fully saturated rings. The second kappa shape index (κ2) is 12.8. The maximum atomic E-state index is 2.63. The fraction of sp³-hybridized carbons (Fsp3) is 0.150. The van der Waals surface area contributed by atoms with E-state index in [4.69, 9.17) is 0 Å². The molecule has 0 aromatic heterocycles. The molecule has 0 saturated heterocycles. The summed E-state index contributed by atoms with van der Waals surface area (Å²) in [6, 6.07) is 50.1. The van der Waals surface area contributed by atoms with Gasteiger partial charge in [-0.05, 0) is 115 Å². The SMILES string of the molecule is C1=C(P(c2ccccc2)c2ccccc2)c2cc3c(cc2CCC1)CCCC=C3P(c1ccccc1)c1ccccc1. The zero-order valence-corrected chi connectivity index (χ0v) is 25.8. The molecule has 0 amide bonds. The van der Waals surface area contributed by atoms with Gasteiger partial charge in [0.2, 0.25) is 0 Å². The van der Waals surface area contributed by atoms with Crippen molar-refractivity contribution < 1.29 is 0 Å². The van der Waals surface area contributed by atoms with Crippen LogP contribution in [0.5, 0.6) is 0 Å². The van der Waals surface area contributed by atoms with E-state index in [1.807, 2.05) is 0 Å². The van der Waals surface area contributed by atoms with Gasteiger partial charge in [0.25, 0.3) is 0 Å². The van der Waals surface area contributed by atoms with Gasteiger partial charge in [0.1, 0.15) is 0 Å². The molecule has 0 nitrogen and oxygen atoms in total. The molecule has 2 aliphatic rings. The van der Waals surface area contributed by atoms with Crippen LogP contribution in [-0.2, 0) is 12.8 Å². The van der Waals surface area contributed by atoms with Crippen molar-refractivity contribution in [3.8, 4) is 0 Å². The minimum absolute atomic E-state index is 0.663. The summed E-state index contributed by atoms with van der Waals surface area (Å²) in [5, 5.41) is 8.78. The van der Waals surface area contributed by atoms with Crippen molar-refractivity contribution in [2.75, 3.05) is 0 Å². The van der Waals surface area contributed by atoms with Gasteiger partial charge in [-0.2, -0.15) is 0 Å². The molecule has 5 aromatic rings. The highest BCUT2D eigenvalue weighted by atomic mass is 31.1. The highest BCUT2D eigenvalue weighted by molar-refractivity contribution is 7.82.